The second-order valence-electron chi connectivity index (χ2n) is 7.63. The fourth-order valence-electron chi connectivity index (χ4n) is 4.19. The summed E-state index contributed by atoms with van der Waals surface area (Å²) in [4.78, 5) is 24.1. The van der Waals surface area contributed by atoms with E-state index in [1.165, 1.54) is 0 Å². The molecule has 162 valence electrons. The summed E-state index contributed by atoms with van der Waals surface area (Å²) in [7, 11) is 0. The van der Waals surface area contributed by atoms with Crippen LogP contribution in [0, 0.1) is 0 Å². The van der Waals surface area contributed by atoms with Crippen molar-refractivity contribution in [3.8, 4) is 0 Å². The molecular weight excluding hydrogens is 411 g/mol. The Morgan fingerprint density at radius 3 is 2.38 bits per heavy atom. The number of anilines is 1. The van der Waals surface area contributed by atoms with E-state index >= 15 is 0 Å². The van der Waals surface area contributed by atoms with E-state index in [4.69, 9.17) is 4.74 Å². The second-order valence-corrected chi connectivity index (χ2v) is 7.63. The molecule has 0 aliphatic carbocycles. The van der Waals surface area contributed by atoms with Crippen LogP contribution in [0.25, 0.3) is 0 Å². The summed E-state index contributed by atoms with van der Waals surface area (Å²) in [6.07, 6.45) is 0.564. The van der Waals surface area contributed by atoms with Gasteiger partial charge in [-0.2, -0.15) is 13.2 Å². The first-order valence-electron chi connectivity index (χ1n) is 9.67. The lowest BCUT2D eigenvalue weighted by Crippen LogP contribution is -2.60. The van der Waals surface area contributed by atoms with Crippen molar-refractivity contribution in [3.05, 3.63) is 18.0 Å². The second kappa shape index (κ2) is 8.61. The zero-order chi connectivity index (χ0) is 19.8. The van der Waals surface area contributed by atoms with Crippen molar-refractivity contribution in [3.63, 3.8) is 0 Å². The van der Waals surface area contributed by atoms with Gasteiger partial charge in [0.1, 0.15) is 0 Å². The largest absolute Gasteiger partial charge is 0.419 e. The molecular formula is C18H25ClF3N5O2. The molecule has 3 aliphatic rings. The first-order chi connectivity index (χ1) is 13.4. The van der Waals surface area contributed by atoms with Crippen molar-refractivity contribution < 1.29 is 22.7 Å². The summed E-state index contributed by atoms with van der Waals surface area (Å²) in [6, 6.07) is 0.243. The van der Waals surface area contributed by atoms with Crippen molar-refractivity contribution in [1.29, 1.82) is 0 Å². The zero-order valence-electron chi connectivity index (χ0n) is 16.0. The number of hydrogen-bond acceptors (Lipinski definition) is 6. The van der Waals surface area contributed by atoms with Crippen LogP contribution in [0.3, 0.4) is 0 Å². The monoisotopic (exact) mass is 435 g/mol. The molecule has 0 bridgehead atoms. The van der Waals surface area contributed by atoms with Crippen molar-refractivity contribution >= 4 is 24.3 Å². The Labute approximate surface area is 173 Å². The van der Waals surface area contributed by atoms with Crippen LogP contribution in [0.1, 0.15) is 31.2 Å². The maximum absolute atomic E-state index is 12.8. The molecule has 1 unspecified atom stereocenters. The topological polar surface area (TPSA) is 70.6 Å². The number of aromatic nitrogens is 2. The number of nitrogens with zero attached hydrogens (tertiary/aromatic N) is 4. The van der Waals surface area contributed by atoms with Gasteiger partial charge in [-0.15, -0.1) is 12.4 Å². The van der Waals surface area contributed by atoms with E-state index in [0.29, 0.717) is 39.2 Å². The summed E-state index contributed by atoms with van der Waals surface area (Å²) < 4.78 is 43.8. The number of nitrogens with one attached hydrogen (secondary N) is 1. The molecule has 3 fully saturated rings. The standard InChI is InChI=1S/C18H24F3N5O2.ClH/c19-18(20,21)13-11-23-16(24-12-13)26-7-5-25(6-8-26)15(27)10-17(3-9-28-17)14-2-1-4-22-14;/h11-12,14,22H,1-10H2;1H/t14-,17?;/m0./s1. The third-order valence-electron chi connectivity index (χ3n) is 5.94. The molecule has 0 radical (unpaired) electrons. The van der Waals surface area contributed by atoms with Gasteiger partial charge < -0.3 is 19.9 Å². The summed E-state index contributed by atoms with van der Waals surface area (Å²) in [6.45, 7) is 3.65. The van der Waals surface area contributed by atoms with Gasteiger partial charge in [-0.05, 0) is 19.4 Å². The predicted octanol–water partition coefficient (Wildman–Crippen LogP) is 1.87. The van der Waals surface area contributed by atoms with Crippen LogP contribution >= 0.6 is 12.4 Å². The lowest BCUT2D eigenvalue weighted by atomic mass is 9.82. The molecule has 11 heteroatoms. The molecule has 29 heavy (non-hydrogen) atoms. The highest BCUT2D eigenvalue weighted by molar-refractivity contribution is 5.85. The van der Waals surface area contributed by atoms with Gasteiger partial charge in [-0.3, -0.25) is 4.79 Å². The van der Waals surface area contributed by atoms with E-state index in [1.54, 1.807) is 9.80 Å². The van der Waals surface area contributed by atoms with Crippen LogP contribution in [0.2, 0.25) is 0 Å². The maximum atomic E-state index is 12.8. The molecule has 4 rings (SSSR count). The number of carbonyl (C=O) groups is 1. The van der Waals surface area contributed by atoms with E-state index in [0.717, 1.165) is 38.2 Å². The van der Waals surface area contributed by atoms with Crippen LogP contribution in [0.5, 0.6) is 0 Å². The van der Waals surface area contributed by atoms with Crippen LogP contribution < -0.4 is 10.2 Å². The van der Waals surface area contributed by atoms with E-state index in [-0.39, 0.29) is 35.9 Å². The van der Waals surface area contributed by atoms with E-state index < -0.39 is 11.7 Å². The van der Waals surface area contributed by atoms with Crippen LogP contribution in [-0.2, 0) is 15.7 Å². The molecule has 1 aromatic rings. The summed E-state index contributed by atoms with van der Waals surface area (Å²) in [5.41, 5.74) is -1.24. The van der Waals surface area contributed by atoms with Crippen molar-refractivity contribution in [2.45, 2.75) is 43.5 Å². The van der Waals surface area contributed by atoms with Gasteiger partial charge in [-0.25, -0.2) is 9.97 Å². The summed E-state index contributed by atoms with van der Waals surface area (Å²) >= 11 is 0. The van der Waals surface area contributed by atoms with Gasteiger partial charge in [0.15, 0.2) is 0 Å². The molecule has 1 N–H and O–H groups in total. The molecule has 7 nitrogen and oxygen atoms in total. The normalized spacial score (nSPS) is 27.3. The maximum Gasteiger partial charge on any atom is 0.419 e. The minimum Gasteiger partial charge on any atom is -0.373 e. The fraction of sp³-hybridized carbons (Fsp3) is 0.722. The Hall–Kier alpha value is -1.65. The Kier molecular flexibility index (Phi) is 6.54. The Morgan fingerprint density at radius 2 is 1.90 bits per heavy atom. The molecule has 0 saturated carbocycles. The molecule has 3 saturated heterocycles. The number of ether oxygens (including phenoxy) is 1. The first kappa shape index (κ1) is 22.0. The molecule has 0 spiro atoms. The molecule has 0 aromatic carbocycles. The third-order valence-corrected chi connectivity index (χ3v) is 5.94. The molecule has 2 atom stereocenters. The smallest absolute Gasteiger partial charge is 0.373 e. The summed E-state index contributed by atoms with van der Waals surface area (Å²) in [5, 5.41) is 3.45. The minimum absolute atomic E-state index is 0. The van der Waals surface area contributed by atoms with Gasteiger partial charge in [0.25, 0.3) is 0 Å². The number of carbonyl (C=O) groups excluding carboxylic acids is 1. The molecule has 4 heterocycles. The van der Waals surface area contributed by atoms with Crippen LogP contribution in [0.4, 0.5) is 19.1 Å². The third kappa shape index (κ3) is 4.59. The zero-order valence-corrected chi connectivity index (χ0v) is 16.8. The lowest BCUT2D eigenvalue weighted by molar-refractivity contribution is -0.178. The van der Waals surface area contributed by atoms with E-state index in [2.05, 4.69) is 15.3 Å². The van der Waals surface area contributed by atoms with E-state index in [1.807, 2.05) is 0 Å². The van der Waals surface area contributed by atoms with Crippen LogP contribution in [0.15, 0.2) is 12.4 Å². The average molecular weight is 436 g/mol. The van der Waals surface area contributed by atoms with Gasteiger partial charge in [-0.1, -0.05) is 0 Å². The number of piperazine rings is 1. The molecule has 1 aromatic heterocycles. The van der Waals surface area contributed by atoms with Crippen molar-refractivity contribution in [2.24, 2.45) is 0 Å². The highest BCUT2D eigenvalue weighted by Crippen LogP contribution is 2.37. The van der Waals surface area contributed by atoms with Crippen molar-refractivity contribution in [2.75, 3.05) is 44.2 Å². The lowest BCUT2D eigenvalue weighted by Gasteiger charge is -2.47. The van der Waals surface area contributed by atoms with Gasteiger partial charge in [0.05, 0.1) is 24.2 Å². The fourth-order valence-corrected chi connectivity index (χ4v) is 4.19. The molecule has 1 amide bonds. The van der Waals surface area contributed by atoms with Gasteiger partial charge >= 0.3 is 6.18 Å². The SMILES string of the molecule is Cl.O=C(CC1([C@@H]2CCCN2)CCO1)N1CCN(c2ncc(C(F)(F)F)cn2)CC1. The number of rotatable bonds is 4. The Bertz CT molecular complexity index is 700. The number of alkyl halides is 3. The number of halogens is 4. The molecule has 3 aliphatic heterocycles. The Morgan fingerprint density at radius 1 is 1.24 bits per heavy atom. The van der Waals surface area contributed by atoms with Gasteiger partial charge in [0, 0.05) is 51.0 Å². The highest BCUT2D eigenvalue weighted by atomic mass is 35.5. The van der Waals surface area contributed by atoms with Gasteiger partial charge in [0.2, 0.25) is 11.9 Å². The van der Waals surface area contributed by atoms with Crippen LogP contribution in [-0.4, -0.2) is 71.7 Å². The highest BCUT2D eigenvalue weighted by Gasteiger charge is 2.48. The number of amides is 1. The quantitative estimate of drug-likeness (QED) is 0.778. The van der Waals surface area contributed by atoms with E-state index in [9.17, 15) is 18.0 Å². The summed E-state index contributed by atoms with van der Waals surface area (Å²) in [5.74, 6) is 0.329. The average Bonchev–Trinajstić information content (AvgIpc) is 3.19. The Balaban J connectivity index is 0.00000240. The van der Waals surface area contributed by atoms with Crippen molar-refractivity contribution in [1.82, 2.24) is 20.2 Å². The number of hydrogen-bond donors (Lipinski definition) is 1. The predicted molar refractivity (Wildman–Crippen MR) is 102 cm³/mol. The first-order valence-corrected chi connectivity index (χ1v) is 9.67. The minimum atomic E-state index is -4.45.